The summed E-state index contributed by atoms with van der Waals surface area (Å²) in [6, 6.07) is 3.18. The molecular formula is C11H9F3N2OS. The van der Waals surface area contributed by atoms with Crippen LogP contribution in [0.3, 0.4) is 0 Å². The number of hydrogen-bond donors (Lipinski definition) is 1. The van der Waals surface area contributed by atoms with Gasteiger partial charge in [0.25, 0.3) is 0 Å². The molecule has 96 valence electrons. The Hall–Kier alpha value is -1.47. The predicted octanol–water partition coefficient (Wildman–Crippen LogP) is 2.95. The minimum atomic E-state index is -4.48. The lowest BCUT2D eigenvalue weighted by molar-refractivity contribution is -0.137. The number of aromatic nitrogens is 2. The van der Waals surface area contributed by atoms with Crippen LogP contribution in [0.2, 0.25) is 0 Å². The van der Waals surface area contributed by atoms with Crippen LogP contribution in [0.15, 0.2) is 24.5 Å². The normalized spacial score (nSPS) is 13.6. The van der Waals surface area contributed by atoms with E-state index in [-0.39, 0.29) is 4.88 Å². The van der Waals surface area contributed by atoms with Crippen molar-refractivity contribution in [1.29, 1.82) is 0 Å². The Morgan fingerprint density at radius 3 is 2.61 bits per heavy atom. The van der Waals surface area contributed by atoms with Crippen molar-refractivity contribution in [1.82, 2.24) is 9.97 Å². The molecule has 0 radical (unpaired) electrons. The molecule has 0 aliphatic carbocycles. The van der Waals surface area contributed by atoms with Crippen molar-refractivity contribution < 1.29 is 18.3 Å². The summed E-state index contributed by atoms with van der Waals surface area (Å²) in [4.78, 5) is 7.39. The van der Waals surface area contributed by atoms with Gasteiger partial charge in [0, 0.05) is 18.1 Å². The summed E-state index contributed by atoms with van der Waals surface area (Å²) in [5.41, 5.74) is 1.19. The van der Waals surface area contributed by atoms with E-state index in [4.69, 9.17) is 0 Å². The van der Waals surface area contributed by atoms with Crippen LogP contribution < -0.4 is 0 Å². The van der Waals surface area contributed by atoms with Gasteiger partial charge in [-0.3, -0.25) is 4.98 Å². The average Bonchev–Trinajstić information content (AvgIpc) is 2.77. The van der Waals surface area contributed by atoms with Gasteiger partial charge in [-0.1, -0.05) is 0 Å². The molecule has 18 heavy (non-hydrogen) atoms. The van der Waals surface area contributed by atoms with Crippen LogP contribution in [0.25, 0.3) is 0 Å². The fourth-order valence-electron chi connectivity index (χ4n) is 1.45. The Bertz CT molecular complexity index is 553. The van der Waals surface area contributed by atoms with Gasteiger partial charge in [0.1, 0.15) is 6.10 Å². The molecule has 0 fully saturated rings. The molecule has 0 saturated carbocycles. The van der Waals surface area contributed by atoms with Crippen LogP contribution in [-0.2, 0) is 6.18 Å². The van der Waals surface area contributed by atoms with Gasteiger partial charge < -0.3 is 5.11 Å². The minimum Gasteiger partial charge on any atom is -0.383 e. The first-order valence-corrected chi connectivity index (χ1v) is 5.83. The number of thiazole rings is 1. The van der Waals surface area contributed by atoms with Gasteiger partial charge in [0.05, 0.1) is 4.88 Å². The smallest absolute Gasteiger partial charge is 0.383 e. The third-order valence-electron chi connectivity index (χ3n) is 2.27. The Morgan fingerprint density at radius 2 is 2.06 bits per heavy atom. The SMILES string of the molecule is Cc1cc(C(O)c2cnc(C(F)(F)F)s2)ccn1. The first kappa shape index (κ1) is 13.0. The molecule has 0 aliphatic rings. The summed E-state index contributed by atoms with van der Waals surface area (Å²) in [7, 11) is 0. The molecule has 0 aromatic carbocycles. The lowest BCUT2D eigenvalue weighted by Gasteiger charge is -2.08. The van der Waals surface area contributed by atoms with Crippen molar-refractivity contribution in [2.24, 2.45) is 0 Å². The minimum absolute atomic E-state index is 0.160. The summed E-state index contributed by atoms with van der Waals surface area (Å²) in [5.74, 6) is 0. The zero-order chi connectivity index (χ0) is 13.3. The highest BCUT2D eigenvalue weighted by Crippen LogP contribution is 2.35. The summed E-state index contributed by atoms with van der Waals surface area (Å²) in [5, 5.41) is 9.01. The second-order valence-electron chi connectivity index (χ2n) is 3.70. The maximum absolute atomic E-state index is 12.4. The molecule has 1 atom stereocenters. The van der Waals surface area contributed by atoms with E-state index in [2.05, 4.69) is 9.97 Å². The molecule has 3 nitrogen and oxygen atoms in total. The van der Waals surface area contributed by atoms with E-state index in [1.54, 1.807) is 19.1 Å². The number of aliphatic hydroxyl groups excluding tert-OH is 1. The highest BCUT2D eigenvalue weighted by Gasteiger charge is 2.35. The summed E-state index contributed by atoms with van der Waals surface area (Å²) < 4.78 is 37.2. The van der Waals surface area contributed by atoms with E-state index in [0.717, 1.165) is 6.20 Å². The van der Waals surface area contributed by atoms with Crippen molar-refractivity contribution in [3.8, 4) is 0 Å². The maximum atomic E-state index is 12.4. The molecule has 0 amide bonds. The second-order valence-corrected chi connectivity index (χ2v) is 4.76. The van der Waals surface area contributed by atoms with Gasteiger partial charge in [0.2, 0.25) is 0 Å². The van der Waals surface area contributed by atoms with Crippen LogP contribution in [-0.4, -0.2) is 15.1 Å². The van der Waals surface area contributed by atoms with E-state index in [9.17, 15) is 18.3 Å². The lowest BCUT2D eigenvalue weighted by atomic mass is 10.1. The molecule has 0 bridgehead atoms. The molecule has 2 heterocycles. The largest absolute Gasteiger partial charge is 0.443 e. The molecule has 0 aliphatic heterocycles. The van der Waals surface area contributed by atoms with Crippen molar-refractivity contribution in [2.75, 3.05) is 0 Å². The number of nitrogens with zero attached hydrogens (tertiary/aromatic N) is 2. The van der Waals surface area contributed by atoms with Crippen molar-refractivity contribution in [3.63, 3.8) is 0 Å². The second kappa shape index (κ2) is 4.66. The van der Waals surface area contributed by atoms with Crippen LogP contribution in [0, 0.1) is 6.92 Å². The maximum Gasteiger partial charge on any atom is 0.443 e. The predicted molar refractivity (Wildman–Crippen MR) is 60.2 cm³/mol. The van der Waals surface area contributed by atoms with Gasteiger partial charge in [-0.05, 0) is 24.6 Å². The summed E-state index contributed by atoms with van der Waals surface area (Å²) in [6.45, 7) is 1.74. The molecule has 0 saturated heterocycles. The van der Waals surface area contributed by atoms with Gasteiger partial charge in [-0.2, -0.15) is 13.2 Å². The van der Waals surface area contributed by atoms with Crippen molar-refractivity contribution in [2.45, 2.75) is 19.2 Å². The molecule has 1 N–H and O–H groups in total. The van der Waals surface area contributed by atoms with Crippen LogP contribution in [0.5, 0.6) is 0 Å². The molecule has 2 rings (SSSR count). The zero-order valence-electron chi connectivity index (χ0n) is 9.27. The lowest BCUT2D eigenvalue weighted by Crippen LogP contribution is -2.03. The highest BCUT2D eigenvalue weighted by molar-refractivity contribution is 7.11. The highest BCUT2D eigenvalue weighted by atomic mass is 32.1. The van der Waals surface area contributed by atoms with E-state index < -0.39 is 17.3 Å². The van der Waals surface area contributed by atoms with E-state index in [1.807, 2.05) is 0 Å². The van der Waals surface area contributed by atoms with Gasteiger partial charge >= 0.3 is 6.18 Å². The first-order chi connectivity index (χ1) is 8.38. The van der Waals surface area contributed by atoms with Crippen LogP contribution in [0.4, 0.5) is 13.2 Å². The van der Waals surface area contributed by atoms with E-state index >= 15 is 0 Å². The first-order valence-electron chi connectivity index (χ1n) is 5.01. The van der Waals surface area contributed by atoms with Crippen molar-refractivity contribution in [3.05, 3.63) is 45.7 Å². The topological polar surface area (TPSA) is 46.0 Å². The summed E-state index contributed by atoms with van der Waals surface area (Å²) >= 11 is 0.442. The Labute approximate surface area is 105 Å². The molecule has 2 aromatic heterocycles. The number of aryl methyl sites for hydroxylation is 1. The van der Waals surface area contributed by atoms with Crippen LogP contribution >= 0.6 is 11.3 Å². The number of pyridine rings is 1. The number of hydrogen-bond acceptors (Lipinski definition) is 4. The third-order valence-corrected chi connectivity index (χ3v) is 3.37. The molecule has 2 aromatic rings. The Balaban J connectivity index is 2.29. The van der Waals surface area contributed by atoms with E-state index in [0.29, 0.717) is 22.6 Å². The number of aliphatic hydroxyl groups is 1. The van der Waals surface area contributed by atoms with Gasteiger partial charge in [0.15, 0.2) is 5.01 Å². The zero-order valence-corrected chi connectivity index (χ0v) is 10.1. The molecule has 1 unspecified atom stereocenters. The fraction of sp³-hybridized carbons (Fsp3) is 0.273. The van der Waals surface area contributed by atoms with Gasteiger partial charge in [-0.15, -0.1) is 11.3 Å². The average molecular weight is 274 g/mol. The number of rotatable bonds is 2. The number of alkyl halides is 3. The standard InChI is InChI=1S/C11H9F3N2OS/c1-6-4-7(2-3-15-6)9(17)8-5-16-10(18-8)11(12,13)14/h2-5,9,17H,1H3. The Morgan fingerprint density at radius 1 is 1.33 bits per heavy atom. The molecule has 0 spiro atoms. The molecular weight excluding hydrogens is 265 g/mol. The third kappa shape index (κ3) is 2.68. The van der Waals surface area contributed by atoms with Gasteiger partial charge in [-0.25, -0.2) is 4.98 Å². The monoisotopic (exact) mass is 274 g/mol. The summed E-state index contributed by atoms with van der Waals surface area (Å²) in [6.07, 6.45) is -3.04. The van der Waals surface area contributed by atoms with Crippen molar-refractivity contribution >= 4 is 11.3 Å². The van der Waals surface area contributed by atoms with E-state index in [1.165, 1.54) is 6.20 Å². The quantitative estimate of drug-likeness (QED) is 0.915. The Kier molecular flexibility index (Phi) is 3.36. The molecule has 7 heteroatoms. The fourth-order valence-corrected chi connectivity index (χ4v) is 2.24. The number of halogens is 3. The van der Waals surface area contributed by atoms with Crippen LogP contribution in [0.1, 0.15) is 27.2 Å².